The van der Waals surface area contributed by atoms with Crippen molar-refractivity contribution >= 4 is 12.0 Å². The van der Waals surface area contributed by atoms with E-state index in [2.05, 4.69) is 0 Å². The molecule has 0 atom stereocenters. The second-order valence-corrected chi connectivity index (χ2v) is 3.68. The molecule has 0 bridgehead atoms. The maximum absolute atomic E-state index is 12.7. The van der Waals surface area contributed by atoms with Gasteiger partial charge in [0.25, 0.3) is 0 Å². The lowest BCUT2D eigenvalue weighted by atomic mass is 10.1. The van der Waals surface area contributed by atoms with Gasteiger partial charge in [0.05, 0.1) is 6.10 Å². The maximum atomic E-state index is 12.7. The van der Waals surface area contributed by atoms with Crippen molar-refractivity contribution in [2.24, 2.45) is 0 Å². The normalized spacial score (nSPS) is 11.1. The summed E-state index contributed by atoms with van der Waals surface area (Å²) in [5.41, 5.74) is 0.467. The summed E-state index contributed by atoms with van der Waals surface area (Å²) in [5.74, 6) is -1.04. The molecule has 0 saturated carbocycles. The topological polar surface area (TPSA) is 50.1 Å². The van der Waals surface area contributed by atoms with Crippen LogP contribution in [-0.4, -0.2) is 12.1 Å². The molecule has 0 aliphatic rings. The molecule has 0 spiro atoms. The minimum Gasteiger partial charge on any atom is -0.459 e. The first-order valence-corrected chi connectivity index (χ1v) is 5.11. The zero-order valence-electron chi connectivity index (χ0n) is 9.61. The van der Waals surface area contributed by atoms with E-state index in [-0.39, 0.29) is 17.5 Å². The van der Waals surface area contributed by atoms with Crippen LogP contribution < -0.4 is 0 Å². The lowest BCUT2D eigenvalue weighted by Gasteiger charge is -2.06. The number of nitrogens with zero attached hydrogens (tertiary/aromatic N) is 1. The van der Waals surface area contributed by atoms with Crippen LogP contribution in [0.5, 0.6) is 0 Å². The minimum absolute atomic E-state index is 0.106. The van der Waals surface area contributed by atoms with E-state index in [0.717, 1.165) is 0 Å². The summed E-state index contributed by atoms with van der Waals surface area (Å²) in [4.78, 5) is 11.5. The molecule has 0 unspecified atom stereocenters. The van der Waals surface area contributed by atoms with Crippen LogP contribution in [0, 0.1) is 17.1 Å². The Hall–Kier alpha value is -2.15. The molecule has 17 heavy (non-hydrogen) atoms. The third-order valence-corrected chi connectivity index (χ3v) is 1.86. The highest BCUT2D eigenvalue weighted by atomic mass is 19.1. The van der Waals surface area contributed by atoms with Crippen molar-refractivity contribution in [3.8, 4) is 6.07 Å². The highest BCUT2D eigenvalue weighted by Gasteiger charge is 2.12. The lowest BCUT2D eigenvalue weighted by molar-refractivity contribution is -0.142. The summed E-state index contributed by atoms with van der Waals surface area (Å²) in [7, 11) is 0. The smallest absolute Gasteiger partial charge is 0.349 e. The van der Waals surface area contributed by atoms with Gasteiger partial charge in [0.2, 0.25) is 0 Å². The predicted octanol–water partition coefficient (Wildman–Crippen LogP) is 2.68. The highest BCUT2D eigenvalue weighted by molar-refractivity contribution is 5.97. The fourth-order valence-electron chi connectivity index (χ4n) is 1.14. The van der Waals surface area contributed by atoms with Crippen molar-refractivity contribution in [3.63, 3.8) is 0 Å². The van der Waals surface area contributed by atoms with Crippen LogP contribution in [0.1, 0.15) is 19.4 Å². The average molecular weight is 233 g/mol. The number of carbonyl (C=O) groups excluding carboxylic acids is 1. The second kappa shape index (κ2) is 5.80. The Morgan fingerprint density at radius 1 is 1.41 bits per heavy atom. The third kappa shape index (κ3) is 4.07. The number of hydrogen-bond donors (Lipinski definition) is 0. The molecule has 0 amide bonds. The summed E-state index contributed by atoms with van der Waals surface area (Å²) in [6.07, 6.45) is 1.08. The predicted molar refractivity (Wildman–Crippen MR) is 61.2 cm³/mol. The van der Waals surface area contributed by atoms with Gasteiger partial charge in [-0.1, -0.05) is 12.1 Å². The molecule has 3 nitrogen and oxygen atoms in total. The largest absolute Gasteiger partial charge is 0.459 e. The first kappa shape index (κ1) is 12.9. The molecule has 0 aliphatic heterocycles. The van der Waals surface area contributed by atoms with Gasteiger partial charge < -0.3 is 4.74 Å². The molecule has 88 valence electrons. The molecule has 0 radical (unpaired) electrons. The Morgan fingerprint density at radius 3 is 2.47 bits per heavy atom. The molecular formula is C13H12FNO2. The van der Waals surface area contributed by atoms with E-state index in [4.69, 9.17) is 10.00 Å². The molecule has 4 heteroatoms. The van der Waals surface area contributed by atoms with E-state index in [1.54, 1.807) is 19.9 Å². The van der Waals surface area contributed by atoms with Crippen LogP contribution in [0.2, 0.25) is 0 Å². The number of rotatable bonds is 3. The molecule has 0 heterocycles. The van der Waals surface area contributed by atoms with E-state index < -0.39 is 5.97 Å². The van der Waals surface area contributed by atoms with Crippen molar-refractivity contribution < 1.29 is 13.9 Å². The second-order valence-electron chi connectivity index (χ2n) is 3.68. The summed E-state index contributed by atoms with van der Waals surface area (Å²) in [5, 5.41) is 8.83. The van der Waals surface area contributed by atoms with E-state index in [1.165, 1.54) is 30.3 Å². The van der Waals surface area contributed by atoms with Crippen molar-refractivity contribution in [2.75, 3.05) is 0 Å². The van der Waals surface area contributed by atoms with Gasteiger partial charge in [-0.25, -0.2) is 9.18 Å². The molecule has 0 aliphatic carbocycles. The van der Waals surface area contributed by atoms with Crippen LogP contribution in [0.25, 0.3) is 6.08 Å². The Kier molecular flexibility index (Phi) is 4.41. The third-order valence-electron chi connectivity index (χ3n) is 1.86. The van der Waals surface area contributed by atoms with Gasteiger partial charge in [0.1, 0.15) is 17.5 Å². The monoisotopic (exact) mass is 233 g/mol. The van der Waals surface area contributed by atoms with Gasteiger partial charge in [0.15, 0.2) is 0 Å². The van der Waals surface area contributed by atoms with Crippen molar-refractivity contribution in [2.45, 2.75) is 20.0 Å². The average Bonchev–Trinajstić information content (AvgIpc) is 2.27. The fraction of sp³-hybridized carbons (Fsp3) is 0.231. The van der Waals surface area contributed by atoms with Crippen LogP contribution in [-0.2, 0) is 9.53 Å². The van der Waals surface area contributed by atoms with Crippen LogP contribution in [0.4, 0.5) is 4.39 Å². The van der Waals surface area contributed by atoms with Crippen molar-refractivity contribution in [3.05, 3.63) is 41.2 Å². The number of nitriles is 1. The van der Waals surface area contributed by atoms with Crippen molar-refractivity contribution in [1.29, 1.82) is 5.26 Å². The van der Waals surface area contributed by atoms with Crippen LogP contribution >= 0.6 is 0 Å². The SMILES string of the molecule is CC(C)OC(=O)C(C#N)=Cc1ccc(F)cc1. The van der Waals surface area contributed by atoms with Gasteiger partial charge in [-0.3, -0.25) is 0 Å². The van der Waals surface area contributed by atoms with Gasteiger partial charge in [-0.05, 0) is 37.6 Å². The van der Waals surface area contributed by atoms with E-state index in [1.807, 2.05) is 0 Å². The van der Waals surface area contributed by atoms with Gasteiger partial charge in [-0.2, -0.15) is 5.26 Å². The molecule has 0 saturated heterocycles. The van der Waals surface area contributed by atoms with E-state index >= 15 is 0 Å². The Bertz CT molecular complexity index is 469. The fourth-order valence-corrected chi connectivity index (χ4v) is 1.14. The Balaban J connectivity index is 2.91. The molecule has 0 N–H and O–H groups in total. The standard InChI is InChI=1S/C13H12FNO2/c1-9(2)17-13(16)11(8-15)7-10-3-5-12(14)6-4-10/h3-7,9H,1-2H3. The van der Waals surface area contributed by atoms with Crippen molar-refractivity contribution in [1.82, 2.24) is 0 Å². The number of benzene rings is 1. The zero-order valence-corrected chi connectivity index (χ0v) is 9.61. The first-order valence-electron chi connectivity index (χ1n) is 5.11. The zero-order chi connectivity index (χ0) is 12.8. The minimum atomic E-state index is -0.674. The van der Waals surface area contributed by atoms with Crippen LogP contribution in [0.15, 0.2) is 29.8 Å². The Labute approximate surface area is 99.1 Å². The summed E-state index contributed by atoms with van der Waals surface area (Å²) >= 11 is 0. The van der Waals surface area contributed by atoms with Gasteiger partial charge >= 0.3 is 5.97 Å². The number of hydrogen-bond acceptors (Lipinski definition) is 3. The van der Waals surface area contributed by atoms with E-state index in [0.29, 0.717) is 5.56 Å². The van der Waals surface area contributed by atoms with Gasteiger partial charge in [0, 0.05) is 0 Å². The summed E-state index contributed by atoms with van der Waals surface area (Å²) in [6, 6.07) is 7.24. The quantitative estimate of drug-likeness (QED) is 0.458. The molecule has 1 rings (SSSR count). The van der Waals surface area contributed by atoms with Gasteiger partial charge in [-0.15, -0.1) is 0 Å². The molecular weight excluding hydrogens is 221 g/mol. The number of ether oxygens (including phenoxy) is 1. The highest BCUT2D eigenvalue weighted by Crippen LogP contribution is 2.10. The molecule has 1 aromatic carbocycles. The number of carbonyl (C=O) groups is 1. The van der Waals surface area contributed by atoms with E-state index in [9.17, 15) is 9.18 Å². The Morgan fingerprint density at radius 2 is 2.00 bits per heavy atom. The lowest BCUT2D eigenvalue weighted by Crippen LogP contribution is -2.12. The van der Waals surface area contributed by atoms with Crippen LogP contribution in [0.3, 0.4) is 0 Å². The first-order chi connectivity index (χ1) is 8.02. The molecule has 1 aromatic rings. The molecule has 0 aromatic heterocycles. The number of esters is 1. The summed E-state index contributed by atoms with van der Waals surface area (Å²) in [6.45, 7) is 3.40. The molecule has 0 fully saturated rings. The summed E-state index contributed by atoms with van der Waals surface area (Å²) < 4.78 is 17.6. The maximum Gasteiger partial charge on any atom is 0.349 e. The number of halogens is 1.